The van der Waals surface area contributed by atoms with Gasteiger partial charge in [0.15, 0.2) is 5.11 Å². The van der Waals surface area contributed by atoms with Crippen LogP contribution >= 0.6 is 12.2 Å². The molecule has 0 saturated heterocycles. The van der Waals surface area contributed by atoms with E-state index < -0.39 is 5.63 Å². The number of hydrogen-bond donors (Lipinski definition) is 2. The van der Waals surface area contributed by atoms with Crippen LogP contribution in [0.5, 0.6) is 0 Å². The van der Waals surface area contributed by atoms with Crippen molar-refractivity contribution in [3.8, 4) is 0 Å². The highest BCUT2D eigenvalue weighted by Crippen LogP contribution is 2.15. The highest BCUT2D eigenvalue weighted by Gasteiger charge is 2.08. The molecule has 0 bridgehead atoms. The zero-order valence-corrected chi connectivity index (χ0v) is 11.4. The van der Waals surface area contributed by atoms with Crippen LogP contribution in [0.25, 0.3) is 11.0 Å². The van der Waals surface area contributed by atoms with Gasteiger partial charge in [0.1, 0.15) is 5.58 Å². The first-order valence-electron chi connectivity index (χ1n) is 5.62. The number of hydrazone groups is 1. The number of nitrogens with two attached hydrogens (primary N) is 1. The largest absolute Gasteiger partial charge is 0.422 e. The lowest BCUT2D eigenvalue weighted by Gasteiger charge is -2.03. The lowest BCUT2D eigenvalue weighted by Crippen LogP contribution is -2.26. The maximum Gasteiger partial charge on any atom is 0.345 e. The van der Waals surface area contributed by atoms with E-state index in [1.807, 2.05) is 25.1 Å². The molecule has 0 saturated carbocycles. The third-order valence-corrected chi connectivity index (χ3v) is 2.71. The van der Waals surface area contributed by atoms with Crippen LogP contribution in [-0.4, -0.2) is 10.8 Å². The fraction of sp³-hybridized carbons (Fsp3) is 0.154. The van der Waals surface area contributed by atoms with Gasteiger partial charge in [0.2, 0.25) is 0 Å². The molecule has 1 heterocycles. The molecule has 1 aromatic carbocycles. The summed E-state index contributed by atoms with van der Waals surface area (Å²) in [4.78, 5) is 11.9. The summed E-state index contributed by atoms with van der Waals surface area (Å²) in [6.45, 7) is 3.61. The number of fused-ring (bicyclic) bond motifs is 1. The van der Waals surface area contributed by atoms with E-state index in [2.05, 4.69) is 22.7 Å². The molecule has 0 atom stereocenters. The van der Waals surface area contributed by atoms with Gasteiger partial charge >= 0.3 is 5.63 Å². The van der Waals surface area contributed by atoms with Crippen molar-refractivity contribution in [1.82, 2.24) is 5.43 Å². The van der Waals surface area contributed by atoms with E-state index in [0.717, 1.165) is 10.9 Å². The fourth-order valence-corrected chi connectivity index (χ4v) is 1.72. The second-order valence-electron chi connectivity index (χ2n) is 4.16. The molecule has 1 aromatic heterocycles. The summed E-state index contributed by atoms with van der Waals surface area (Å²) in [5, 5.41) is 4.80. The Morgan fingerprint density at radius 3 is 2.84 bits per heavy atom. The topological polar surface area (TPSA) is 80.6 Å². The summed E-state index contributed by atoms with van der Waals surface area (Å²) in [6.07, 6.45) is 0. The molecule has 3 N–H and O–H groups in total. The van der Waals surface area contributed by atoms with E-state index >= 15 is 0 Å². The standard InChI is InChI=1S/C13H13N3O2S/c1-7-3-4-9-6-10(8(2)15-16-13(14)19)12(17)18-11(9)5-7/h3-6H,1-2H3,(H3,14,16,19)/b15-8+. The molecular formula is C13H13N3O2S. The Morgan fingerprint density at radius 1 is 1.42 bits per heavy atom. The molecule has 0 spiro atoms. The van der Waals surface area contributed by atoms with E-state index in [1.165, 1.54) is 0 Å². The molecule has 5 nitrogen and oxygen atoms in total. The van der Waals surface area contributed by atoms with E-state index in [9.17, 15) is 4.79 Å². The van der Waals surface area contributed by atoms with Gasteiger partial charge < -0.3 is 10.2 Å². The van der Waals surface area contributed by atoms with Crippen LogP contribution in [-0.2, 0) is 0 Å². The minimum absolute atomic E-state index is 0.0418. The number of hydrogen-bond acceptors (Lipinski definition) is 4. The van der Waals surface area contributed by atoms with E-state index in [0.29, 0.717) is 16.9 Å². The monoisotopic (exact) mass is 275 g/mol. The highest BCUT2D eigenvalue weighted by molar-refractivity contribution is 7.80. The van der Waals surface area contributed by atoms with E-state index in [1.54, 1.807) is 13.0 Å². The summed E-state index contributed by atoms with van der Waals surface area (Å²) in [7, 11) is 0. The van der Waals surface area contributed by atoms with E-state index in [-0.39, 0.29) is 5.11 Å². The number of thiocarbonyl (C=S) groups is 1. The van der Waals surface area contributed by atoms with Crippen molar-refractivity contribution in [3.05, 3.63) is 45.8 Å². The molecule has 98 valence electrons. The first-order chi connectivity index (χ1) is 8.97. The SMILES string of the molecule is C/C(=N\NC(N)=S)c1cc2ccc(C)cc2oc1=O. The number of benzene rings is 1. The Bertz CT molecular complexity index is 734. The van der Waals surface area contributed by atoms with Gasteiger partial charge in [-0.05, 0) is 43.8 Å². The quantitative estimate of drug-likeness (QED) is 0.377. The van der Waals surface area contributed by atoms with Crippen LogP contribution in [0.4, 0.5) is 0 Å². The first-order valence-corrected chi connectivity index (χ1v) is 6.03. The van der Waals surface area contributed by atoms with Crippen LogP contribution in [0, 0.1) is 6.92 Å². The second-order valence-corrected chi connectivity index (χ2v) is 4.60. The Hall–Kier alpha value is -2.21. The summed E-state index contributed by atoms with van der Waals surface area (Å²) in [6, 6.07) is 7.40. The second kappa shape index (κ2) is 5.19. The molecule has 2 rings (SSSR count). The van der Waals surface area contributed by atoms with Crippen LogP contribution in [0.1, 0.15) is 18.1 Å². The van der Waals surface area contributed by atoms with Gasteiger partial charge in [0.05, 0.1) is 11.3 Å². The summed E-state index contributed by atoms with van der Waals surface area (Å²) in [5.74, 6) is 0. The van der Waals surface area contributed by atoms with E-state index in [4.69, 9.17) is 10.2 Å². The van der Waals surface area contributed by atoms with Crippen LogP contribution in [0.15, 0.2) is 38.6 Å². The lowest BCUT2D eigenvalue weighted by atomic mass is 10.1. The van der Waals surface area contributed by atoms with Crippen molar-refractivity contribution >= 4 is 34.0 Å². The maximum atomic E-state index is 11.9. The molecule has 0 amide bonds. The highest BCUT2D eigenvalue weighted by atomic mass is 32.1. The van der Waals surface area contributed by atoms with Crippen LogP contribution < -0.4 is 16.8 Å². The average molecular weight is 275 g/mol. The minimum atomic E-state index is -0.441. The lowest BCUT2D eigenvalue weighted by molar-refractivity contribution is 0.559. The molecule has 0 unspecified atom stereocenters. The summed E-state index contributed by atoms with van der Waals surface area (Å²) >= 11 is 4.65. The molecule has 0 aliphatic heterocycles. The molecular weight excluding hydrogens is 262 g/mol. The van der Waals surface area contributed by atoms with Gasteiger partial charge in [0, 0.05) is 5.39 Å². The van der Waals surface area contributed by atoms with Crippen molar-refractivity contribution in [1.29, 1.82) is 0 Å². The number of aryl methyl sites for hydroxylation is 1. The molecule has 0 aliphatic carbocycles. The zero-order valence-electron chi connectivity index (χ0n) is 10.6. The molecule has 0 fully saturated rings. The van der Waals surface area contributed by atoms with Gasteiger partial charge in [-0.25, -0.2) is 4.79 Å². The van der Waals surface area contributed by atoms with Gasteiger partial charge in [-0.3, -0.25) is 5.43 Å². The molecule has 2 aromatic rings. The number of nitrogens with zero attached hydrogens (tertiary/aromatic N) is 1. The fourth-order valence-electron chi connectivity index (χ4n) is 1.67. The average Bonchev–Trinajstić information content (AvgIpc) is 2.35. The van der Waals surface area contributed by atoms with Gasteiger partial charge in [-0.1, -0.05) is 12.1 Å². The van der Waals surface area contributed by atoms with Crippen molar-refractivity contribution in [2.75, 3.05) is 0 Å². The molecule has 6 heteroatoms. The summed E-state index contributed by atoms with van der Waals surface area (Å²) < 4.78 is 5.27. The predicted molar refractivity (Wildman–Crippen MR) is 79.4 cm³/mol. The van der Waals surface area contributed by atoms with Crippen LogP contribution in [0.2, 0.25) is 0 Å². The Morgan fingerprint density at radius 2 is 2.16 bits per heavy atom. The first kappa shape index (κ1) is 13.2. The van der Waals surface area contributed by atoms with Crippen molar-refractivity contribution in [2.45, 2.75) is 13.8 Å². The third-order valence-electron chi connectivity index (χ3n) is 2.62. The Balaban J connectivity index is 2.53. The van der Waals surface area contributed by atoms with Crippen molar-refractivity contribution in [2.24, 2.45) is 10.8 Å². The minimum Gasteiger partial charge on any atom is -0.422 e. The third kappa shape index (κ3) is 2.97. The number of rotatable bonds is 2. The van der Waals surface area contributed by atoms with Crippen LogP contribution in [0.3, 0.4) is 0 Å². The predicted octanol–water partition coefficient (Wildman–Crippen LogP) is 1.66. The van der Waals surface area contributed by atoms with Crippen molar-refractivity contribution < 1.29 is 4.42 Å². The maximum absolute atomic E-state index is 11.9. The Kier molecular flexibility index (Phi) is 3.62. The molecule has 0 aliphatic rings. The molecule has 0 radical (unpaired) electrons. The summed E-state index contributed by atoms with van der Waals surface area (Å²) in [5.41, 5.74) is 9.71. The van der Waals surface area contributed by atoms with Crippen molar-refractivity contribution in [3.63, 3.8) is 0 Å². The zero-order chi connectivity index (χ0) is 14.0. The smallest absolute Gasteiger partial charge is 0.345 e. The molecule has 19 heavy (non-hydrogen) atoms. The van der Waals surface area contributed by atoms with Gasteiger partial charge in [-0.15, -0.1) is 0 Å². The van der Waals surface area contributed by atoms with Gasteiger partial charge in [0.25, 0.3) is 0 Å². The Labute approximate surface area is 115 Å². The number of nitrogens with one attached hydrogen (secondary N) is 1. The normalized spacial score (nSPS) is 11.6. The van der Waals surface area contributed by atoms with Gasteiger partial charge in [-0.2, -0.15) is 5.10 Å².